The lowest BCUT2D eigenvalue weighted by Crippen LogP contribution is -2.33. The zero-order valence-electron chi connectivity index (χ0n) is 11.8. The Balaban J connectivity index is 2.08. The highest BCUT2D eigenvalue weighted by Gasteiger charge is 2.15. The van der Waals surface area contributed by atoms with Crippen molar-refractivity contribution in [3.05, 3.63) is 47.3 Å². The molecular weight excluding hydrogens is 237 g/mol. The van der Waals surface area contributed by atoms with Gasteiger partial charge in [-0.2, -0.15) is 0 Å². The second-order valence-corrected chi connectivity index (χ2v) is 5.32. The van der Waals surface area contributed by atoms with Crippen molar-refractivity contribution in [3.8, 4) is 0 Å². The summed E-state index contributed by atoms with van der Waals surface area (Å²) in [5.41, 5.74) is 2.60. The van der Waals surface area contributed by atoms with Crippen molar-refractivity contribution in [2.75, 3.05) is 6.54 Å². The van der Waals surface area contributed by atoms with Gasteiger partial charge in [0.2, 0.25) is 0 Å². The summed E-state index contributed by atoms with van der Waals surface area (Å²) >= 11 is 0. The van der Waals surface area contributed by atoms with Crippen LogP contribution in [0.3, 0.4) is 0 Å². The first-order valence-electron chi connectivity index (χ1n) is 7.46. The zero-order chi connectivity index (χ0) is 13.5. The van der Waals surface area contributed by atoms with Crippen molar-refractivity contribution in [3.63, 3.8) is 0 Å². The molecule has 0 radical (unpaired) electrons. The highest BCUT2D eigenvalue weighted by molar-refractivity contribution is 5.22. The van der Waals surface area contributed by atoms with Gasteiger partial charge in [0.05, 0.1) is 0 Å². The largest absolute Gasteiger partial charge is 0.310 e. The monoisotopic (exact) mass is 261 g/mol. The van der Waals surface area contributed by atoms with Gasteiger partial charge in [-0.1, -0.05) is 37.1 Å². The molecule has 0 heterocycles. The molecule has 1 aliphatic rings. The summed E-state index contributed by atoms with van der Waals surface area (Å²) in [5.74, 6) is -0.136. The van der Waals surface area contributed by atoms with Crippen LogP contribution in [0.15, 0.2) is 35.9 Å². The van der Waals surface area contributed by atoms with Gasteiger partial charge < -0.3 is 5.32 Å². The quantitative estimate of drug-likeness (QED) is 0.782. The molecule has 0 aliphatic heterocycles. The van der Waals surface area contributed by atoms with Gasteiger partial charge in [-0.3, -0.25) is 0 Å². The van der Waals surface area contributed by atoms with Crippen LogP contribution < -0.4 is 5.32 Å². The maximum atomic E-state index is 13.3. The molecule has 1 aromatic rings. The van der Waals surface area contributed by atoms with Crippen LogP contribution in [0.2, 0.25) is 0 Å². The Hall–Kier alpha value is -1.15. The fourth-order valence-corrected chi connectivity index (χ4v) is 2.84. The van der Waals surface area contributed by atoms with Gasteiger partial charge in [-0.15, -0.1) is 0 Å². The fraction of sp³-hybridized carbons (Fsp3) is 0.529. The van der Waals surface area contributed by atoms with Crippen LogP contribution in [0.1, 0.15) is 44.6 Å². The topological polar surface area (TPSA) is 12.0 Å². The van der Waals surface area contributed by atoms with Gasteiger partial charge in [0.25, 0.3) is 0 Å². The minimum absolute atomic E-state index is 0.136. The lowest BCUT2D eigenvalue weighted by molar-refractivity contribution is 0.558. The molecule has 0 spiro atoms. The number of hydrogen-bond donors (Lipinski definition) is 1. The molecule has 0 saturated carbocycles. The maximum absolute atomic E-state index is 13.3. The second-order valence-electron chi connectivity index (χ2n) is 5.32. The minimum atomic E-state index is -0.136. The molecular formula is C17H24FN. The molecule has 1 aliphatic carbocycles. The summed E-state index contributed by atoms with van der Waals surface area (Å²) in [6.45, 7) is 3.09. The molecule has 2 heteroatoms. The summed E-state index contributed by atoms with van der Waals surface area (Å²) in [6.07, 6.45) is 9.60. The number of nitrogens with one attached hydrogen (secondary N) is 1. The predicted molar refractivity (Wildman–Crippen MR) is 78.7 cm³/mol. The molecule has 0 aromatic heterocycles. The molecule has 1 atom stereocenters. The minimum Gasteiger partial charge on any atom is -0.310 e. The van der Waals surface area contributed by atoms with Crippen LogP contribution in [0.25, 0.3) is 0 Å². The van der Waals surface area contributed by atoms with Crippen LogP contribution in [-0.4, -0.2) is 12.6 Å². The predicted octanol–water partition coefficient (Wildman–Crippen LogP) is 4.24. The first-order chi connectivity index (χ1) is 9.29. The molecule has 2 rings (SSSR count). The van der Waals surface area contributed by atoms with E-state index in [1.165, 1.54) is 43.7 Å². The molecule has 0 fully saturated rings. The number of halogens is 1. The maximum Gasteiger partial charge on any atom is 0.123 e. The smallest absolute Gasteiger partial charge is 0.123 e. The van der Waals surface area contributed by atoms with E-state index in [0.29, 0.717) is 6.04 Å². The van der Waals surface area contributed by atoms with Crippen LogP contribution >= 0.6 is 0 Å². The second kappa shape index (κ2) is 7.44. The Labute approximate surface area is 115 Å². The van der Waals surface area contributed by atoms with E-state index in [-0.39, 0.29) is 5.82 Å². The summed E-state index contributed by atoms with van der Waals surface area (Å²) < 4.78 is 13.3. The van der Waals surface area contributed by atoms with Crippen molar-refractivity contribution < 1.29 is 4.39 Å². The number of hydrogen-bond acceptors (Lipinski definition) is 1. The van der Waals surface area contributed by atoms with E-state index in [0.717, 1.165) is 18.5 Å². The first-order valence-corrected chi connectivity index (χ1v) is 7.46. The summed E-state index contributed by atoms with van der Waals surface area (Å²) in [6, 6.07) is 7.35. The van der Waals surface area contributed by atoms with Crippen LogP contribution in [-0.2, 0) is 6.42 Å². The molecule has 1 nitrogen and oxygen atoms in total. The third-order valence-electron chi connectivity index (χ3n) is 3.80. The molecule has 1 aromatic carbocycles. The number of likely N-dealkylation sites (N-methyl/N-ethyl adjacent to an activating group) is 1. The van der Waals surface area contributed by atoms with E-state index in [9.17, 15) is 4.39 Å². The van der Waals surface area contributed by atoms with E-state index in [1.807, 2.05) is 6.07 Å². The van der Waals surface area contributed by atoms with Gasteiger partial charge in [-0.25, -0.2) is 4.39 Å². The molecule has 1 N–H and O–H groups in total. The molecule has 0 amide bonds. The first kappa shape index (κ1) is 14.3. The number of benzene rings is 1. The van der Waals surface area contributed by atoms with Crippen molar-refractivity contribution >= 4 is 0 Å². The van der Waals surface area contributed by atoms with E-state index < -0.39 is 0 Å². The van der Waals surface area contributed by atoms with E-state index in [4.69, 9.17) is 0 Å². The van der Waals surface area contributed by atoms with Crippen molar-refractivity contribution in [1.82, 2.24) is 5.32 Å². The van der Waals surface area contributed by atoms with Gasteiger partial charge >= 0.3 is 0 Å². The molecule has 0 bridgehead atoms. The average Bonchev–Trinajstić information content (AvgIpc) is 2.67. The van der Waals surface area contributed by atoms with E-state index >= 15 is 0 Å². The Bertz CT molecular complexity index is 425. The van der Waals surface area contributed by atoms with Gasteiger partial charge in [-0.05, 0) is 56.3 Å². The molecule has 0 saturated heterocycles. The van der Waals surface area contributed by atoms with Gasteiger partial charge in [0.15, 0.2) is 0 Å². The standard InChI is InChI=1S/C17H24FN/c1-2-19-17(15-9-5-3-4-6-10-15)13-14-8-7-11-16(18)12-14/h7-9,11-12,17,19H,2-6,10,13H2,1H3. The fourth-order valence-electron chi connectivity index (χ4n) is 2.84. The lowest BCUT2D eigenvalue weighted by Gasteiger charge is -2.21. The number of allylic oxidation sites excluding steroid dienone is 1. The van der Waals surface area contributed by atoms with Crippen molar-refractivity contribution in [2.24, 2.45) is 0 Å². The zero-order valence-corrected chi connectivity index (χ0v) is 11.8. The van der Waals surface area contributed by atoms with Gasteiger partial charge in [0.1, 0.15) is 5.82 Å². The van der Waals surface area contributed by atoms with Crippen LogP contribution in [0.4, 0.5) is 4.39 Å². The van der Waals surface area contributed by atoms with Crippen LogP contribution in [0, 0.1) is 5.82 Å². The highest BCUT2D eigenvalue weighted by atomic mass is 19.1. The SMILES string of the molecule is CCNC(Cc1cccc(F)c1)C1=CCCCCC1. The summed E-state index contributed by atoms with van der Waals surface area (Å²) in [7, 11) is 0. The number of rotatable bonds is 5. The Morgan fingerprint density at radius 1 is 1.26 bits per heavy atom. The normalized spacial score (nSPS) is 17.7. The van der Waals surface area contributed by atoms with Crippen molar-refractivity contribution in [1.29, 1.82) is 0 Å². The molecule has 19 heavy (non-hydrogen) atoms. The van der Waals surface area contributed by atoms with E-state index in [2.05, 4.69) is 18.3 Å². The summed E-state index contributed by atoms with van der Waals surface area (Å²) in [5, 5.41) is 3.56. The van der Waals surface area contributed by atoms with Crippen LogP contribution in [0.5, 0.6) is 0 Å². The third-order valence-corrected chi connectivity index (χ3v) is 3.80. The molecule has 104 valence electrons. The Morgan fingerprint density at radius 2 is 2.16 bits per heavy atom. The van der Waals surface area contributed by atoms with Gasteiger partial charge in [0, 0.05) is 6.04 Å². The summed E-state index contributed by atoms with van der Waals surface area (Å²) in [4.78, 5) is 0. The van der Waals surface area contributed by atoms with E-state index in [1.54, 1.807) is 12.1 Å². The average molecular weight is 261 g/mol. The third kappa shape index (κ3) is 4.46. The lowest BCUT2D eigenvalue weighted by atomic mass is 9.95. The molecule has 1 unspecified atom stereocenters. The van der Waals surface area contributed by atoms with Crippen molar-refractivity contribution in [2.45, 2.75) is 51.5 Å². The highest BCUT2D eigenvalue weighted by Crippen LogP contribution is 2.22. The Kier molecular flexibility index (Phi) is 5.59. The Morgan fingerprint density at radius 3 is 2.95 bits per heavy atom.